The Kier molecular flexibility index (Phi) is 5.93. The highest BCUT2D eigenvalue weighted by atomic mass is 16.1. The first-order valence-corrected chi connectivity index (χ1v) is 5.01. The van der Waals surface area contributed by atoms with Crippen molar-refractivity contribution in [1.82, 2.24) is 5.32 Å². The molecule has 1 unspecified atom stereocenters. The van der Waals surface area contributed by atoms with Crippen LogP contribution in [0.25, 0.3) is 0 Å². The van der Waals surface area contributed by atoms with Gasteiger partial charge in [-0.3, -0.25) is 4.79 Å². The van der Waals surface area contributed by atoms with Gasteiger partial charge in [0.15, 0.2) is 0 Å². The molecule has 0 aromatic heterocycles. The van der Waals surface area contributed by atoms with Crippen molar-refractivity contribution >= 4 is 5.91 Å². The largest absolute Gasteiger partial charge is 0.352 e. The SMILES string of the molecule is C=C(C)CCC(C)CNC(=O)C(=C)C. The van der Waals surface area contributed by atoms with E-state index in [2.05, 4.69) is 25.4 Å². The highest BCUT2D eigenvalue weighted by molar-refractivity contribution is 5.92. The van der Waals surface area contributed by atoms with E-state index in [1.54, 1.807) is 6.92 Å². The molecule has 1 atom stereocenters. The predicted molar refractivity (Wildman–Crippen MR) is 61.0 cm³/mol. The fourth-order valence-electron chi connectivity index (χ4n) is 1.01. The minimum absolute atomic E-state index is 0.0489. The second-order valence-electron chi connectivity index (χ2n) is 4.09. The summed E-state index contributed by atoms with van der Waals surface area (Å²) in [5.41, 5.74) is 1.76. The lowest BCUT2D eigenvalue weighted by Crippen LogP contribution is -2.28. The van der Waals surface area contributed by atoms with Gasteiger partial charge in [-0.1, -0.05) is 19.1 Å². The minimum atomic E-state index is -0.0489. The molecule has 0 aromatic carbocycles. The van der Waals surface area contributed by atoms with E-state index < -0.39 is 0 Å². The molecule has 0 rings (SSSR count). The highest BCUT2D eigenvalue weighted by Gasteiger charge is 2.05. The van der Waals surface area contributed by atoms with Crippen molar-refractivity contribution in [3.05, 3.63) is 24.3 Å². The summed E-state index contributed by atoms with van der Waals surface area (Å²) in [6.07, 6.45) is 2.11. The van der Waals surface area contributed by atoms with Crippen LogP contribution in [0.1, 0.15) is 33.6 Å². The Bertz CT molecular complexity index is 230. The first kappa shape index (κ1) is 12.9. The van der Waals surface area contributed by atoms with E-state index in [1.165, 1.54) is 5.57 Å². The number of allylic oxidation sites excluding steroid dienone is 1. The molecule has 2 heteroatoms. The third kappa shape index (κ3) is 6.46. The Hall–Kier alpha value is -1.05. The Morgan fingerprint density at radius 3 is 2.36 bits per heavy atom. The predicted octanol–water partition coefficient (Wildman–Crippen LogP) is 2.67. The Labute approximate surface area is 87.1 Å². The van der Waals surface area contributed by atoms with Gasteiger partial charge >= 0.3 is 0 Å². The topological polar surface area (TPSA) is 29.1 Å². The highest BCUT2D eigenvalue weighted by Crippen LogP contribution is 2.09. The maximum atomic E-state index is 11.2. The molecule has 80 valence electrons. The number of amides is 1. The Morgan fingerprint density at radius 2 is 1.93 bits per heavy atom. The third-order valence-electron chi connectivity index (χ3n) is 2.06. The Balaban J connectivity index is 3.63. The van der Waals surface area contributed by atoms with Gasteiger partial charge in [-0.15, -0.1) is 6.58 Å². The van der Waals surface area contributed by atoms with Crippen molar-refractivity contribution in [3.63, 3.8) is 0 Å². The monoisotopic (exact) mass is 195 g/mol. The van der Waals surface area contributed by atoms with Crippen LogP contribution in [0, 0.1) is 5.92 Å². The van der Waals surface area contributed by atoms with E-state index in [0.29, 0.717) is 11.5 Å². The lowest BCUT2D eigenvalue weighted by molar-refractivity contribution is -0.117. The van der Waals surface area contributed by atoms with E-state index in [-0.39, 0.29) is 5.91 Å². The van der Waals surface area contributed by atoms with Crippen LogP contribution >= 0.6 is 0 Å². The molecule has 0 radical (unpaired) electrons. The van der Waals surface area contributed by atoms with Crippen LogP contribution in [0.5, 0.6) is 0 Å². The van der Waals surface area contributed by atoms with Gasteiger partial charge in [-0.05, 0) is 32.6 Å². The van der Waals surface area contributed by atoms with Crippen molar-refractivity contribution < 1.29 is 4.79 Å². The lowest BCUT2D eigenvalue weighted by Gasteiger charge is -2.12. The molecular formula is C12H21NO. The fraction of sp³-hybridized carbons (Fsp3) is 0.583. The van der Waals surface area contributed by atoms with Gasteiger partial charge in [0.1, 0.15) is 0 Å². The second-order valence-corrected chi connectivity index (χ2v) is 4.09. The number of hydrogen-bond donors (Lipinski definition) is 1. The number of carbonyl (C=O) groups is 1. The molecule has 1 N–H and O–H groups in total. The number of rotatable bonds is 6. The molecule has 0 spiro atoms. The standard InChI is InChI=1S/C12H21NO/c1-9(2)6-7-11(5)8-13-12(14)10(3)4/h11H,1,3,6-8H2,2,4-5H3,(H,13,14). The summed E-state index contributed by atoms with van der Waals surface area (Å²) in [5.74, 6) is 0.446. The van der Waals surface area contributed by atoms with E-state index in [9.17, 15) is 4.79 Å². The molecule has 0 fully saturated rings. The van der Waals surface area contributed by atoms with Crippen molar-refractivity contribution in [2.24, 2.45) is 5.92 Å². The molecular weight excluding hydrogens is 174 g/mol. The Morgan fingerprint density at radius 1 is 1.36 bits per heavy atom. The van der Waals surface area contributed by atoms with Crippen LogP contribution in [0.15, 0.2) is 24.3 Å². The van der Waals surface area contributed by atoms with Crippen molar-refractivity contribution in [3.8, 4) is 0 Å². The van der Waals surface area contributed by atoms with Crippen LogP contribution in [0.2, 0.25) is 0 Å². The molecule has 0 saturated carbocycles. The van der Waals surface area contributed by atoms with E-state index in [4.69, 9.17) is 0 Å². The van der Waals surface area contributed by atoms with Gasteiger partial charge in [0.05, 0.1) is 0 Å². The van der Waals surface area contributed by atoms with Gasteiger partial charge in [0.25, 0.3) is 0 Å². The summed E-state index contributed by atoms with van der Waals surface area (Å²) in [7, 11) is 0. The summed E-state index contributed by atoms with van der Waals surface area (Å²) in [4.78, 5) is 11.2. The average molecular weight is 195 g/mol. The zero-order valence-corrected chi connectivity index (χ0v) is 9.52. The zero-order chi connectivity index (χ0) is 11.1. The first-order chi connectivity index (χ1) is 6.43. The lowest BCUT2D eigenvalue weighted by atomic mass is 10.0. The summed E-state index contributed by atoms with van der Waals surface area (Å²) >= 11 is 0. The molecule has 0 aliphatic carbocycles. The number of nitrogens with one attached hydrogen (secondary N) is 1. The number of hydrogen-bond acceptors (Lipinski definition) is 1. The maximum absolute atomic E-state index is 11.2. The van der Waals surface area contributed by atoms with E-state index in [0.717, 1.165) is 19.4 Å². The molecule has 0 heterocycles. The van der Waals surface area contributed by atoms with Crippen LogP contribution < -0.4 is 5.32 Å². The van der Waals surface area contributed by atoms with E-state index in [1.807, 2.05) is 6.92 Å². The smallest absolute Gasteiger partial charge is 0.246 e. The van der Waals surface area contributed by atoms with Crippen molar-refractivity contribution in [2.45, 2.75) is 33.6 Å². The zero-order valence-electron chi connectivity index (χ0n) is 9.52. The molecule has 0 aliphatic heterocycles. The quantitative estimate of drug-likeness (QED) is 0.512. The summed E-state index contributed by atoms with van der Waals surface area (Å²) < 4.78 is 0. The number of carbonyl (C=O) groups excluding carboxylic acids is 1. The molecule has 2 nitrogen and oxygen atoms in total. The van der Waals surface area contributed by atoms with Gasteiger partial charge in [0, 0.05) is 12.1 Å². The van der Waals surface area contributed by atoms with Crippen LogP contribution in [-0.2, 0) is 4.79 Å². The van der Waals surface area contributed by atoms with Crippen LogP contribution in [0.4, 0.5) is 0 Å². The third-order valence-corrected chi connectivity index (χ3v) is 2.06. The minimum Gasteiger partial charge on any atom is -0.352 e. The molecule has 1 amide bonds. The normalized spacial score (nSPS) is 11.9. The van der Waals surface area contributed by atoms with Crippen molar-refractivity contribution in [2.75, 3.05) is 6.54 Å². The van der Waals surface area contributed by atoms with Gasteiger partial charge in [-0.25, -0.2) is 0 Å². The van der Waals surface area contributed by atoms with Crippen LogP contribution in [-0.4, -0.2) is 12.5 Å². The van der Waals surface area contributed by atoms with Gasteiger partial charge in [-0.2, -0.15) is 0 Å². The summed E-state index contributed by atoms with van der Waals surface area (Å²) in [5, 5.41) is 2.84. The van der Waals surface area contributed by atoms with Gasteiger partial charge in [0.2, 0.25) is 5.91 Å². The molecule has 0 bridgehead atoms. The molecule has 0 aromatic rings. The maximum Gasteiger partial charge on any atom is 0.246 e. The summed E-state index contributed by atoms with van der Waals surface area (Å²) in [6.45, 7) is 14.0. The molecule has 0 saturated heterocycles. The first-order valence-electron chi connectivity index (χ1n) is 5.01. The van der Waals surface area contributed by atoms with Gasteiger partial charge < -0.3 is 5.32 Å². The molecule has 0 aliphatic rings. The summed E-state index contributed by atoms with van der Waals surface area (Å²) in [6, 6.07) is 0. The second kappa shape index (κ2) is 6.41. The molecule has 14 heavy (non-hydrogen) atoms. The fourth-order valence-corrected chi connectivity index (χ4v) is 1.01. The van der Waals surface area contributed by atoms with E-state index >= 15 is 0 Å². The van der Waals surface area contributed by atoms with Crippen LogP contribution in [0.3, 0.4) is 0 Å². The average Bonchev–Trinajstić information content (AvgIpc) is 2.10. The van der Waals surface area contributed by atoms with Crippen molar-refractivity contribution in [1.29, 1.82) is 0 Å².